The SMILES string of the molecule is CN(C)C(=O)CNC(=NCc1ccccc1)N1CCN(c2cccs2)CC1. The Kier molecular flexibility index (Phi) is 6.70. The Morgan fingerprint density at radius 3 is 2.48 bits per heavy atom. The van der Waals surface area contributed by atoms with E-state index in [2.05, 4.69) is 44.8 Å². The summed E-state index contributed by atoms with van der Waals surface area (Å²) in [7, 11) is 3.54. The lowest BCUT2D eigenvalue weighted by atomic mass is 10.2. The number of hydrogen-bond donors (Lipinski definition) is 1. The maximum absolute atomic E-state index is 12.0. The van der Waals surface area contributed by atoms with Crippen LogP contribution in [0.1, 0.15) is 5.56 Å². The molecule has 7 heteroatoms. The van der Waals surface area contributed by atoms with Gasteiger partial charge in [0, 0.05) is 40.3 Å². The number of amides is 1. The summed E-state index contributed by atoms with van der Waals surface area (Å²) in [4.78, 5) is 23.0. The minimum atomic E-state index is 0.0413. The highest BCUT2D eigenvalue weighted by atomic mass is 32.1. The van der Waals surface area contributed by atoms with Crippen LogP contribution in [0, 0.1) is 0 Å². The van der Waals surface area contributed by atoms with Crippen LogP contribution in [0.15, 0.2) is 52.8 Å². The van der Waals surface area contributed by atoms with E-state index >= 15 is 0 Å². The van der Waals surface area contributed by atoms with E-state index in [1.807, 2.05) is 18.2 Å². The average molecular weight is 386 g/mol. The van der Waals surface area contributed by atoms with Crippen LogP contribution in [0.3, 0.4) is 0 Å². The molecule has 0 spiro atoms. The van der Waals surface area contributed by atoms with Crippen molar-refractivity contribution in [2.45, 2.75) is 6.54 Å². The highest BCUT2D eigenvalue weighted by molar-refractivity contribution is 7.14. The third-order valence-corrected chi connectivity index (χ3v) is 5.48. The summed E-state index contributed by atoms with van der Waals surface area (Å²) in [6.45, 7) is 4.53. The number of carbonyl (C=O) groups excluding carboxylic acids is 1. The monoisotopic (exact) mass is 385 g/mol. The van der Waals surface area contributed by atoms with Crippen LogP contribution in [0.25, 0.3) is 0 Å². The van der Waals surface area contributed by atoms with Crippen molar-refractivity contribution in [3.8, 4) is 0 Å². The Labute approximate surface area is 165 Å². The number of rotatable bonds is 5. The van der Waals surface area contributed by atoms with Gasteiger partial charge < -0.3 is 20.0 Å². The summed E-state index contributed by atoms with van der Waals surface area (Å²) in [5, 5.41) is 6.69. The third kappa shape index (κ3) is 5.47. The lowest BCUT2D eigenvalue weighted by molar-refractivity contribution is -0.127. The van der Waals surface area contributed by atoms with Crippen molar-refractivity contribution in [2.24, 2.45) is 4.99 Å². The molecule has 2 aromatic rings. The van der Waals surface area contributed by atoms with Crippen LogP contribution in [-0.2, 0) is 11.3 Å². The quantitative estimate of drug-likeness (QED) is 0.633. The van der Waals surface area contributed by atoms with Gasteiger partial charge in [-0.3, -0.25) is 4.79 Å². The highest BCUT2D eigenvalue weighted by Gasteiger charge is 2.21. The molecule has 0 saturated carbocycles. The molecule has 1 aromatic carbocycles. The van der Waals surface area contributed by atoms with Gasteiger partial charge in [0.15, 0.2) is 5.96 Å². The summed E-state index contributed by atoms with van der Waals surface area (Å²) in [5.74, 6) is 0.847. The van der Waals surface area contributed by atoms with Crippen molar-refractivity contribution >= 4 is 28.2 Å². The smallest absolute Gasteiger partial charge is 0.241 e. The molecule has 1 amide bonds. The van der Waals surface area contributed by atoms with Crippen molar-refractivity contribution in [2.75, 3.05) is 51.7 Å². The Balaban J connectivity index is 1.64. The number of likely N-dealkylation sites (N-methyl/N-ethyl adjacent to an activating group) is 1. The van der Waals surface area contributed by atoms with Crippen molar-refractivity contribution in [1.82, 2.24) is 15.1 Å². The van der Waals surface area contributed by atoms with Gasteiger partial charge in [0.05, 0.1) is 18.1 Å². The average Bonchev–Trinajstić information content (AvgIpc) is 3.23. The molecule has 1 saturated heterocycles. The molecule has 6 nitrogen and oxygen atoms in total. The van der Waals surface area contributed by atoms with Gasteiger partial charge in [-0.05, 0) is 23.1 Å². The lowest BCUT2D eigenvalue weighted by Gasteiger charge is -2.37. The molecule has 2 heterocycles. The summed E-state index contributed by atoms with van der Waals surface area (Å²) in [5.41, 5.74) is 1.16. The molecule has 0 radical (unpaired) electrons. The maximum Gasteiger partial charge on any atom is 0.241 e. The Hall–Kier alpha value is -2.54. The molecule has 3 rings (SSSR count). The van der Waals surface area contributed by atoms with E-state index in [1.165, 1.54) is 5.00 Å². The first-order valence-electron chi connectivity index (χ1n) is 9.19. The Morgan fingerprint density at radius 1 is 1.11 bits per heavy atom. The fourth-order valence-corrected chi connectivity index (χ4v) is 3.70. The minimum absolute atomic E-state index is 0.0413. The molecule has 1 aliphatic heterocycles. The summed E-state index contributed by atoms with van der Waals surface area (Å²) in [6.07, 6.45) is 0. The van der Waals surface area contributed by atoms with Gasteiger partial charge in [-0.15, -0.1) is 11.3 Å². The molecule has 1 aromatic heterocycles. The number of benzene rings is 1. The zero-order valence-electron chi connectivity index (χ0n) is 16.0. The number of hydrogen-bond acceptors (Lipinski definition) is 4. The van der Waals surface area contributed by atoms with Gasteiger partial charge in [0.2, 0.25) is 5.91 Å². The molecule has 1 aliphatic rings. The van der Waals surface area contributed by atoms with Gasteiger partial charge in [-0.25, -0.2) is 4.99 Å². The van der Waals surface area contributed by atoms with Crippen LogP contribution in [0.2, 0.25) is 0 Å². The van der Waals surface area contributed by atoms with Gasteiger partial charge in [-0.2, -0.15) is 0 Å². The molecule has 27 heavy (non-hydrogen) atoms. The van der Waals surface area contributed by atoms with Crippen LogP contribution >= 0.6 is 11.3 Å². The lowest BCUT2D eigenvalue weighted by Crippen LogP contribution is -2.53. The normalized spacial score (nSPS) is 15.0. The van der Waals surface area contributed by atoms with E-state index in [4.69, 9.17) is 4.99 Å². The first-order valence-corrected chi connectivity index (χ1v) is 10.1. The van der Waals surface area contributed by atoms with E-state index in [0.717, 1.165) is 37.7 Å². The minimum Gasteiger partial charge on any atom is -0.360 e. The van der Waals surface area contributed by atoms with E-state index < -0.39 is 0 Å². The number of guanidine groups is 1. The fourth-order valence-electron chi connectivity index (χ4n) is 2.92. The van der Waals surface area contributed by atoms with E-state index in [0.29, 0.717) is 6.54 Å². The summed E-state index contributed by atoms with van der Waals surface area (Å²) in [6, 6.07) is 14.4. The number of nitrogens with one attached hydrogen (secondary N) is 1. The van der Waals surface area contributed by atoms with Crippen LogP contribution in [0.4, 0.5) is 5.00 Å². The number of nitrogens with zero attached hydrogens (tertiary/aromatic N) is 4. The molecule has 1 N–H and O–H groups in total. The van der Waals surface area contributed by atoms with Crippen LogP contribution in [0.5, 0.6) is 0 Å². The van der Waals surface area contributed by atoms with Crippen LogP contribution in [-0.4, -0.2) is 68.5 Å². The predicted octanol–water partition coefficient (Wildman–Crippen LogP) is 2.10. The van der Waals surface area contributed by atoms with Gasteiger partial charge in [0.25, 0.3) is 0 Å². The number of thiophene rings is 1. The molecule has 0 unspecified atom stereocenters. The van der Waals surface area contributed by atoms with E-state index in [9.17, 15) is 4.79 Å². The van der Waals surface area contributed by atoms with Gasteiger partial charge in [0.1, 0.15) is 0 Å². The number of anilines is 1. The third-order valence-electron chi connectivity index (χ3n) is 4.55. The highest BCUT2D eigenvalue weighted by Crippen LogP contribution is 2.22. The second-order valence-corrected chi connectivity index (χ2v) is 7.62. The van der Waals surface area contributed by atoms with Gasteiger partial charge >= 0.3 is 0 Å². The second kappa shape index (κ2) is 9.41. The molecule has 0 atom stereocenters. The van der Waals surface area contributed by atoms with E-state index in [-0.39, 0.29) is 12.5 Å². The number of carbonyl (C=O) groups is 1. The standard InChI is InChI=1S/C20H27N5OS/c1-23(2)18(26)16-22-20(21-15-17-7-4-3-5-8-17)25-12-10-24(11-13-25)19-9-6-14-27-19/h3-9,14H,10-13,15-16H2,1-2H3,(H,21,22). The molecular formula is C20H27N5OS. The molecule has 1 fully saturated rings. The van der Waals surface area contributed by atoms with Crippen molar-refractivity contribution in [3.05, 3.63) is 53.4 Å². The second-order valence-electron chi connectivity index (χ2n) is 6.69. The maximum atomic E-state index is 12.0. The molecule has 144 valence electrons. The molecular weight excluding hydrogens is 358 g/mol. The first-order chi connectivity index (χ1) is 13.1. The zero-order valence-corrected chi connectivity index (χ0v) is 16.8. The first kappa shape index (κ1) is 19.2. The van der Waals surface area contributed by atoms with Crippen molar-refractivity contribution < 1.29 is 4.79 Å². The van der Waals surface area contributed by atoms with Crippen molar-refractivity contribution in [3.63, 3.8) is 0 Å². The predicted molar refractivity (Wildman–Crippen MR) is 112 cm³/mol. The largest absolute Gasteiger partial charge is 0.360 e. The van der Waals surface area contributed by atoms with Crippen molar-refractivity contribution in [1.29, 1.82) is 0 Å². The van der Waals surface area contributed by atoms with Gasteiger partial charge in [-0.1, -0.05) is 30.3 Å². The summed E-state index contributed by atoms with van der Waals surface area (Å²) >= 11 is 1.78. The Bertz CT molecular complexity index is 737. The molecule has 0 bridgehead atoms. The molecule has 0 aliphatic carbocycles. The van der Waals surface area contributed by atoms with E-state index in [1.54, 1.807) is 30.3 Å². The summed E-state index contributed by atoms with van der Waals surface area (Å²) < 4.78 is 0. The fraction of sp³-hybridized carbons (Fsp3) is 0.400. The Morgan fingerprint density at radius 2 is 1.85 bits per heavy atom. The number of aliphatic imine (C=N–C) groups is 1. The topological polar surface area (TPSA) is 51.2 Å². The van der Waals surface area contributed by atoms with Crippen LogP contribution < -0.4 is 10.2 Å². The zero-order chi connectivity index (χ0) is 19.1. The number of piperazine rings is 1.